The number of hydrogen-bond donors (Lipinski definition) is 1. The second kappa shape index (κ2) is 5.94. The normalized spacial score (nSPS) is 16.8. The van der Waals surface area contributed by atoms with Crippen molar-refractivity contribution in [2.75, 3.05) is 19.6 Å². The van der Waals surface area contributed by atoms with Gasteiger partial charge in [0.1, 0.15) is 0 Å². The topological polar surface area (TPSA) is 29.3 Å². The van der Waals surface area contributed by atoms with E-state index in [1.807, 2.05) is 0 Å². The lowest BCUT2D eigenvalue weighted by Gasteiger charge is -2.24. The van der Waals surface area contributed by atoms with Gasteiger partial charge in [-0.05, 0) is 47.7 Å². The lowest BCUT2D eigenvalue weighted by atomic mass is 10.0. The van der Waals surface area contributed by atoms with Gasteiger partial charge in [0.25, 0.3) is 0 Å². The van der Waals surface area contributed by atoms with Crippen LogP contribution in [0.4, 0.5) is 0 Å². The third-order valence-corrected chi connectivity index (χ3v) is 4.32. The summed E-state index contributed by atoms with van der Waals surface area (Å²) in [6.45, 7) is 5.51. The van der Waals surface area contributed by atoms with Crippen molar-refractivity contribution in [1.82, 2.24) is 4.90 Å². The van der Waals surface area contributed by atoms with Crippen molar-refractivity contribution in [3.63, 3.8) is 0 Å². The minimum Gasteiger partial charge on any atom is -0.323 e. The van der Waals surface area contributed by atoms with Crippen molar-refractivity contribution in [1.29, 1.82) is 0 Å². The van der Waals surface area contributed by atoms with Crippen molar-refractivity contribution < 1.29 is 0 Å². The molecule has 0 spiro atoms. The predicted octanol–water partition coefficient (Wildman–Crippen LogP) is 3.57. The third-order valence-electron chi connectivity index (χ3n) is 4.32. The zero-order chi connectivity index (χ0) is 13.9. The van der Waals surface area contributed by atoms with Gasteiger partial charge in [-0.2, -0.15) is 0 Å². The SMILES string of the molecule is CCN(CC1CC1)CC(N)c1ccc2ccccc2c1. The van der Waals surface area contributed by atoms with Crippen LogP contribution in [0.5, 0.6) is 0 Å². The average Bonchev–Trinajstić information content (AvgIpc) is 3.30. The summed E-state index contributed by atoms with van der Waals surface area (Å²) in [7, 11) is 0. The maximum Gasteiger partial charge on any atom is 0.0424 e. The van der Waals surface area contributed by atoms with E-state index in [4.69, 9.17) is 5.73 Å². The molecule has 0 bridgehead atoms. The zero-order valence-corrected chi connectivity index (χ0v) is 12.3. The molecule has 0 heterocycles. The fourth-order valence-electron chi connectivity index (χ4n) is 2.82. The summed E-state index contributed by atoms with van der Waals surface area (Å²) in [5, 5.41) is 2.57. The Bertz CT molecular complexity index is 574. The Kier molecular flexibility index (Phi) is 4.04. The lowest BCUT2D eigenvalue weighted by Crippen LogP contribution is -2.33. The number of nitrogens with zero attached hydrogens (tertiary/aromatic N) is 1. The molecule has 2 aromatic rings. The fraction of sp³-hybridized carbons (Fsp3) is 0.444. The number of fused-ring (bicyclic) bond motifs is 1. The van der Waals surface area contributed by atoms with Crippen molar-refractivity contribution >= 4 is 10.8 Å². The molecule has 1 atom stereocenters. The molecule has 1 saturated carbocycles. The summed E-state index contributed by atoms with van der Waals surface area (Å²) in [5.74, 6) is 0.929. The van der Waals surface area contributed by atoms with Crippen LogP contribution in [0.15, 0.2) is 42.5 Å². The highest BCUT2D eigenvalue weighted by Crippen LogP contribution is 2.30. The molecular formula is C18H24N2. The van der Waals surface area contributed by atoms with Gasteiger partial charge in [-0.3, -0.25) is 0 Å². The average molecular weight is 268 g/mol. The van der Waals surface area contributed by atoms with Gasteiger partial charge in [-0.15, -0.1) is 0 Å². The molecule has 2 N–H and O–H groups in total. The summed E-state index contributed by atoms with van der Waals surface area (Å²) in [6.07, 6.45) is 2.81. The van der Waals surface area contributed by atoms with E-state index in [2.05, 4.69) is 54.3 Å². The second-order valence-electron chi connectivity index (χ2n) is 6.01. The summed E-state index contributed by atoms with van der Waals surface area (Å²) in [6, 6.07) is 15.2. The predicted molar refractivity (Wildman–Crippen MR) is 85.7 cm³/mol. The molecular weight excluding hydrogens is 244 g/mol. The van der Waals surface area contributed by atoms with E-state index in [0.717, 1.165) is 19.0 Å². The van der Waals surface area contributed by atoms with Crippen LogP contribution in [-0.2, 0) is 0 Å². The molecule has 3 rings (SSSR count). The minimum absolute atomic E-state index is 0.110. The Morgan fingerprint density at radius 3 is 2.60 bits per heavy atom. The highest BCUT2D eigenvalue weighted by atomic mass is 15.1. The van der Waals surface area contributed by atoms with Crippen LogP contribution in [-0.4, -0.2) is 24.5 Å². The van der Waals surface area contributed by atoms with E-state index in [0.29, 0.717) is 0 Å². The van der Waals surface area contributed by atoms with Gasteiger partial charge in [0.15, 0.2) is 0 Å². The standard InChI is InChI=1S/C18H24N2/c1-2-20(12-14-7-8-14)13-18(19)17-10-9-15-5-3-4-6-16(15)11-17/h3-6,9-11,14,18H,2,7-8,12-13,19H2,1H3. The van der Waals surface area contributed by atoms with Gasteiger partial charge >= 0.3 is 0 Å². The molecule has 1 unspecified atom stereocenters. The Morgan fingerprint density at radius 1 is 1.15 bits per heavy atom. The van der Waals surface area contributed by atoms with Crippen molar-refractivity contribution in [2.24, 2.45) is 11.7 Å². The molecule has 2 nitrogen and oxygen atoms in total. The molecule has 0 aliphatic heterocycles. The Morgan fingerprint density at radius 2 is 1.90 bits per heavy atom. The zero-order valence-electron chi connectivity index (χ0n) is 12.3. The van der Waals surface area contributed by atoms with E-state index >= 15 is 0 Å². The van der Waals surface area contributed by atoms with Crippen LogP contribution in [0.1, 0.15) is 31.4 Å². The summed E-state index contributed by atoms with van der Waals surface area (Å²) >= 11 is 0. The highest BCUT2D eigenvalue weighted by Gasteiger charge is 2.24. The molecule has 1 aliphatic rings. The van der Waals surface area contributed by atoms with Crippen molar-refractivity contribution in [3.8, 4) is 0 Å². The fourth-order valence-corrected chi connectivity index (χ4v) is 2.82. The Labute approximate surface area is 121 Å². The molecule has 106 valence electrons. The Hall–Kier alpha value is -1.38. The van der Waals surface area contributed by atoms with Gasteiger partial charge in [-0.25, -0.2) is 0 Å². The first kappa shape index (κ1) is 13.6. The molecule has 20 heavy (non-hydrogen) atoms. The first-order valence-corrected chi connectivity index (χ1v) is 7.73. The van der Waals surface area contributed by atoms with E-state index in [9.17, 15) is 0 Å². The molecule has 0 aromatic heterocycles. The van der Waals surface area contributed by atoms with Gasteiger partial charge in [0.2, 0.25) is 0 Å². The third kappa shape index (κ3) is 3.20. The molecule has 0 saturated heterocycles. The van der Waals surface area contributed by atoms with Gasteiger partial charge in [0.05, 0.1) is 0 Å². The van der Waals surface area contributed by atoms with E-state index < -0.39 is 0 Å². The van der Waals surface area contributed by atoms with Crippen LogP contribution in [0.2, 0.25) is 0 Å². The van der Waals surface area contributed by atoms with Gasteiger partial charge < -0.3 is 10.6 Å². The molecule has 2 heteroatoms. The van der Waals surface area contributed by atoms with Crippen molar-refractivity contribution in [2.45, 2.75) is 25.8 Å². The van der Waals surface area contributed by atoms with Crippen molar-refractivity contribution in [3.05, 3.63) is 48.0 Å². The van der Waals surface area contributed by atoms with E-state index in [-0.39, 0.29) is 6.04 Å². The molecule has 2 aromatic carbocycles. The number of likely N-dealkylation sites (N-methyl/N-ethyl adjacent to an activating group) is 1. The number of benzene rings is 2. The van der Waals surface area contributed by atoms with Crippen LogP contribution in [0.25, 0.3) is 10.8 Å². The highest BCUT2D eigenvalue weighted by molar-refractivity contribution is 5.83. The summed E-state index contributed by atoms with van der Waals surface area (Å²) in [5.41, 5.74) is 7.67. The smallest absolute Gasteiger partial charge is 0.0424 e. The van der Waals surface area contributed by atoms with E-state index in [1.54, 1.807) is 0 Å². The van der Waals surface area contributed by atoms with Crippen LogP contribution >= 0.6 is 0 Å². The van der Waals surface area contributed by atoms with Gasteiger partial charge in [-0.1, -0.05) is 43.3 Å². The largest absolute Gasteiger partial charge is 0.323 e. The Balaban J connectivity index is 1.71. The first-order valence-electron chi connectivity index (χ1n) is 7.73. The molecule has 0 amide bonds. The number of rotatable bonds is 6. The van der Waals surface area contributed by atoms with E-state index in [1.165, 1.54) is 35.7 Å². The first-order chi connectivity index (χ1) is 9.76. The molecule has 1 aliphatic carbocycles. The second-order valence-corrected chi connectivity index (χ2v) is 6.01. The summed E-state index contributed by atoms with van der Waals surface area (Å²) < 4.78 is 0. The van der Waals surface area contributed by atoms with Crippen LogP contribution < -0.4 is 5.73 Å². The molecule has 1 fully saturated rings. The molecule has 0 radical (unpaired) electrons. The summed E-state index contributed by atoms with van der Waals surface area (Å²) in [4.78, 5) is 2.50. The van der Waals surface area contributed by atoms with Crippen LogP contribution in [0.3, 0.4) is 0 Å². The lowest BCUT2D eigenvalue weighted by molar-refractivity contribution is 0.260. The van der Waals surface area contributed by atoms with Crippen LogP contribution in [0, 0.1) is 5.92 Å². The minimum atomic E-state index is 0.110. The maximum atomic E-state index is 6.42. The number of hydrogen-bond acceptors (Lipinski definition) is 2. The quantitative estimate of drug-likeness (QED) is 0.867. The number of nitrogens with two attached hydrogens (primary N) is 1. The maximum absolute atomic E-state index is 6.42. The van der Waals surface area contributed by atoms with Gasteiger partial charge in [0, 0.05) is 19.1 Å². The monoisotopic (exact) mass is 268 g/mol.